The van der Waals surface area contributed by atoms with Gasteiger partial charge in [0.05, 0.1) is 12.7 Å². The predicted octanol–water partition coefficient (Wildman–Crippen LogP) is 6.55. The molecular weight excluding hydrogens is 416 g/mol. The number of rotatable bonds is 4. The van der Waals surface area contributed by atoms with Gasteiger partial charge in [-0.15, -0.1) is 0 Å². The van der Waals surface area contributed by atoms with Crippen molar-refractivity contribution in [2.75, 3.05) is 7.11 Å². The van der Waals surface area contributed by atoms with E-state index in [0.717, 1.165) is 16.7 Å². The number of aromatic hydroxyl groups is 3. The van der Waals surface area contributed by atoms with Crippen molar-refractivity contribution >= 4 is 6.29 Å². The number of phenolic OH excluding ortho intramolecular Hbond substituents is 3. The van der Waals surface area contributed by atoms with Crippen molar-refractivity contribution in [1.82, 2.24) is 0 Å². The Morgan fingerprint density at radius 1 is 0.788 bits per heavy atom. The first-order valence-corrected chi connectivity index (χ1v) is 10.9. The van der Waals surface area contributed by atoms with Crippen LogP contribution in [0, 0.1) is 0 Å². The molecule has 5 heteroatoms. The van der Waals surface area contributed by atoms with Crippen LogP contribution in [0.2, 0.25) is 0 Å². The molecule has 3 aromatic carbocycles. The Bertz CT molecular complexity index is 1190. The SMILES string of the molecule is COc1ccc(-c2c(C(C)(C)C)c(O)c(C=O)c(-c3ccc(O)cc3O)c2C(C)(C)C)cc1. The molecule has 0 fully saturated rings. The summed E-state index contributed by atoms with van der Waals surface area (Å²) < 4.78 is 5.33. The van der Waals surface area contributed by atoms with Crippen molar-refractivity contribution < 1.29 is 24.9 Å². The average Bonchev–Trinajstić information content (AvgIpc) is 2.71. The zero-order valence-corrected chi connectivity index (χ0v) is 20.3. The number of hydrogen-bond donors (Lipinski definition) is 3. The number of ether oxygens (including phenoxy) is 1. The van der Waals surface area contributed by atoms with Gasteiger partial charge in [-0.1, -0.05) is 53.7 Å². The normalized spacial score (nSPS) is 12.0. The molecule has 3 rings (SSSR count). The van der Waals surface area contributed by atoms with Gasteiger partial charge in [-0.2, -0.15) is 0 Å². The minimum Gasteiger partial charge on any atom is -0.508 e. The van der Waals surface area contributed by atoms with Gasteiger partial charge in [0.15, 0.2) is 6.29 Å². The Balaban J connectivity index is 2.64. The van der Waals surface area contributed by atoms with Crippen molar-refractivity contribution in [3.05, 3.63) is 59.2 Å². The lowest BCUT2D eigenvalue weighted by Gasteiger charge is -2.34. The zero-order valence-electron chi connectivity index (χ0n) is 20.3. The lowest BCUT2D eigenvalue weighted by atomic mass is 9.69. The van der Waals surface area contributed by atoms with Gasteiger partial charge in [-0.05, 0) is 51.8 Å². The molecule has 0 atom stereocenters. The fraction of sp³-hybridized carbons (Fsp3) is 0.321. The monoisotopic (exact) mass is 448 g/mol. The van der Waals surface area contributed by atoms with E-state index in [1.54, 1.807) is 13.2 Å². The van der Waals surface area contributed by atoms with Gasteiger partial charge >= 0.3 is 0 Å². The van der Waals surface area contributed by atoms with Crippen molar-refractivity contribution in [2.45, 2.75) is 52.4 Å². The standard InChI is InChI=1S/C28H32O5/c1-27(2,3)24-22(16-8-11-18(33-7)12-9-16)25(28(4,5)6)26(32)20(15-29)23(24)19-13-10-17(30)14-21(19)31/h8-15,30-32H,1-7H3. The molecule has 0 saturated carbocycles. The van der Waals surface area contributed by atoms with Crippen LogP contribution >= 0.6 is 0 Å². The van der Waals surface area contributed by atoms with E-state index < -0.39 is 10.8 Å². The van der Waals surface area contributed by atoms with E-state index in [4.69, 9.17) is 4.74 Å². The minimum absolute atomic E-state index is 0.0906. The highest BCUT2D eigenvalue weighted by molar-refractivity contribution is 5.99. The third-order valence-corrected chi connectivity index (χ3v) is 5.76. The molecule has 0 heterocycles. The lowest BCUT2D eigenvalue weighted by Crippen LogP contribution is -2.22. The van der Waals surface area contributed by atoms with Gasteiger partial charge in [0, 0.05) is 22.8 Å². The molecule has 33 heavy (non-hydrogen) atoms. The second-order valence-electron chi connectivity index (χ2n) is 10.3. The number of carbonyl (C=O) groups is 1. The Morgan fingerprint density at radius 3 is 1.82 bits per heavy atom. The quantitative estimate of drug-likeness (QED) is 0.394. The molecule has 0 bridgehead atoms. The lowest BCUT2D eigenvalue weighted by molar-refractivity contribution is 0.112. The minimum atomic E-state index is -0.493. The first-order chi connectivity index (χ1) is 15.3. The third-order valence-electron chi connectivity index (χ3n) is 5.76. The maximum atomic E-state index is 12.4. The van der Waals surface area contributed by atoms with Crippen LogP contribution in [0.5, 0.6) is 23.0 Å². The van der Waals surface area contributed by atoms with E-state index in [1.807, 2.05) is 65.8 Å². The largest absolute Gasteiger partial charge is 0.508 e. The summed E-state index contributed by atoms with van der Waals surface area (Å²) in [5.41, 5.74) is 3.11. The molecule has 3 aromatic rings. The van der Waals surface area contributed by atoms with Crippen LogP contribution in [0.15, 0.2) is 42.5 Å². The van der Waals surface area contributed by atoms with E-state index in [-0.39, 0.29) is 22.8 Å². The number of carbonyl (C=O) groups excluding carboxylic acids is 1. The molecule has 0 amide bonds. The topological polar surface area (TPSA) is 87.0 Å². The molecular formula is C28H32O5. The summed E-state index contributed by atoms with van der Waals surface area (Å²) in [4.78, 5) is 12.4. The molecule has 5 nitrogen and oxygen atoms in total. The molecule has 0 aliphatic rings. The maximum Gasteiger partial charge on any atom is 0.154 e. The van der Waals surface area contributed by atoms with Crippen LogP contribution < -0.4 is 4.74 Å². The van der Waals surface area contributed by atoms with Gasteiger partial charge < -0.3 is 20.1 Å². The highest BCUT2D eigenvalue weighted by Crippen LogP contribution is 2.52. The van der Waals surface area contributed by atoms with Gasteiger partial charge in [-0.25, -0.2) is 0 Å². The summed E-state index contributed by atoms with van der Waals surface area (Å²) in [7, 11) is 1.60. The Hall–Kier alpha value is -3.47. The fourth-order valence-corrected chi connectivity index (χ4v) is 4.41. The van der Waals surface area contributed by atoms with Crippen LogP contribution in [-0.4, -0.2) is 28.7 Å². The van der Waals surface area contributed by atoms with Crippen LogP contribution in [0.4, 0.5) is 0 Å². The maximum absolute atomic E-state index is 12.4. The molecule has 0 aliphatic heterocycles. The summed E-state index contributed by atoms with van der Waals surface area (Å²) in [5.74, 6) is 0.330. The van der Waals surface area contributed by atoms with Gasteiger partial charge in [-0.3, -0.25) is 4.79 Å². The molecule has 3 N–H and O–H groups in total. The molecule has 0 aromatic heterocycles. The van der Waals surface area contributed by atoms with Crippen LogP contribution in [0.1, 0.15) is 63.0 Å². The van der Waals surface area contributed by atoms with Crippen molar-refractivity contribution in [3.63, 3.8) is 0 Å². The Kier molecular flexibility index (Phi) is 6.20. The van der Waals surface area contributed by atoms with E-state index in [0.29, 0.717) is 28.7 Å². The summed E-state index contributed by atoms with van der Waals surface area (Å²) in [5, 5.41) is 32.0. The summed E-state index contributed by atoms with van der Waals surface area (Å²) >= 11 is 0. The smallest absolute Gasteiger partial charge is 0.154 e. The summed E-state index contributed by atoms with van der Waals surface area (Å²) in [6.07, 6.45) is 0.638. The van der Waals surface area contributed by atoms with Crippen LogP contribution in [-0.2, 0) is 10.8 Å². The van der Waals surface area contributed by atoms with Crippen molar-refractivity contribution in [3.8, 4) is 45.3 Å². The number of phenols is 3. The average molecular weight is 449 g/mol. The molecule has 174 valence electrons. The first-order valence-electron chi connectivity index (χ1n) is 10.9. The van der Waals surface area contributed by atoms with E-state index in [9.17, 15) is 20.1 Å². The van der Waals surface area contributed by atoms with Gasteiger partial charge in [0.2, 0.25) is 0 Å². The van der Waals surface area contributed by atoms with E-state index in [2.05, 4.69) is 0 Å². The Morgan fingerprint density at radius 2 is 1.36 bits per heavy atom. The zero-order chi connectivity index (χ0) is 24.7. The molecule has 0 spiro atoms. The third kappa shape index (κ3) is 4.40. The first kappa shape index (κ1) is 24.2. The predicted molar refractivity (Wildman–Crippen MR) is 132 cm³/mol. The number of aldehydes is 1. The number of hydrogen-bond acceptors (Lipinski definition) is 5. The van der Waals surface area contributed by atoms with Gasteiger partial charge in [0.25, 0.3) is 0 Å². The highest BCUT2D eigenvalue weighted by Gasteiger charge is 2.35. The number of benzene rings is 3. The van der Waals surface area contributed by atoms with E-state index in [1.165, 1.54) is 12.1 Å². The fourth-order valence-electron chi connectivity index (χ4n) is 4.41. The second-order valence-corrected chi connectivity index (χ2v) is 10.3. The summed E-state index contributed by atoms with van der Waals surface area (Å²) in [6.45, 7) is 12.1. The molecule has 0 radical (unpaired) electrons. The Labute approximate surface area is 195 Å². The van der Waals surface area contributed by atoms with Crippen molar-refractivity contribution in [2.24, 2.45) is 0 Å². The highest BCUT2D eigenvalue weighted by atomic mass is 16.5. The van der Waals surface area contributed by atoms with Crippen LogP contribution in [0.25, 0.3) is 22.3 Å². The molecule has 0 saturated heterocycles. The van der Waals surface area contributed by atoms with E-state index >= 15 is 0 Å². The van der Waals surface area contributed by atoms with Crippen LogP contribution in [0.3, 0.4) is 0 Å². The summed E-state index contributed by atoms with van der Waals surface area (Å²) in [6, 6.07) is 11.8. The molecule has 0 aliphatic carbocycles. The van der Waals surface area contributed by atoms with Crippen molar-refractivity contribution in [1.29, 1.82) is 0 Å². The second kappa shape index (κ2) is 8.47. The number of methoxy groups -OCH3 is 1. The molecule has 0 unspecified atom stereocenters. The van der Waals surface area contributed by atoms with Gasteiger partial charge in [0.1, 0.15) is 23.0 Å².